The Bertz CT molecular complexity index is 739. The second-order valence-electron chi connectivity index (χ2n) is 6.03. The molecule has 2 aromatic rings. The van der Waals surface area contributed by atoms with E-state index < -0.39 is 0 Å². The molecule has 26 heavy (non-hydrogen) atoms. The molecule has 2 aromatic carbocycles. The van der Waals surface area contributed by atoms with Crippen LogP contribution in [0.3, 0.4) is 0 Å². The van der Waals surface area contributed by atoms with E-state index in [0.29, 0.717) is 17.3 Å². The van der Waals surface area contributed by atoms with Gasteiger partial charge < -0.3 is 14.8 Å². The highest BCUT2D eigenvalue weighted by Gasteiger charge is 2.16. The number of nitrogens with zero attached hydrogens (tertiary/aromatic N) is 1. The van der Waals surface area contributed by atoms with Crippen LogP contribution in [0.15, 0.2) is 53.5 Å². The van der Waals surface area contributed by atoms with Crippen LogP contribution in [-0.4, -0.2) is 38.0 Å². The van der Waals surface area contributed by atoms with E-state index in [9.17, 15) is 4.79 Å². The third-order valence-electron chi connectivity index (χ3n) is 3.99. The minimum Gasteiger partial charge on any atom is -0.484 e. The molecule has 1 amide bonds. The Morgan fingerprint density at radius 2 is 2.00 bits per heavy atom. The summed E-state index contributed by atoms with van der Waals surface area (Å²) in [6, 6.07) is 14.7. The van der Waals surface area contributed by atoms with Gasteiger partial charge in [-0.1, -0.05) is 11.6 Å². The molecule has 1 saturated heterocycles. The maximum atomic E-state index is 11.8. The van der Waals surface area contributed by atoms with Crippen LogP contribution in [0.2, 0.25) is 5.02 Å². The third-order valence-corrected chi connectivity index (χ3v) is 4.24. The Morgan fingerprint density at radius 3 is 2.69 bits per heavy atom. The van der Waals surface area contributed by atoms with E-state index in [-0.39, 0.29) is 18.6 Å². The van der Waals surface area contributed by atoms with Crippen molar-refractivity contribution < 1.29 is 14.3 Å². The highest BCUT2D eigenvalue weighted by Crippen LogP contribution is 2.17. The molecule has 1 fully saturated rings. The Balaban J connectivity index is 1.43. The lowest BCUT2D eigenvalue weighted by Gasteiger charge is -2.11. The lowest BCUT2D eigenvalue weighted by Crippen LogP contribution is -2.35. The summed E-state index contributed by atoms with van der Waals surface area (Å²) < 4.78 is 11.0. The lowest BCUT2D eigenvalue weighted by molar-refractivity contribution is -0.123. The largest absolute Gasteiger partial charge is 0.484 e. The summed E-state index contributed by atoms with van der Waals surface area (Å²) in [4.78, 5) is 16.2. The average Bonchev–Trinajstić information content (AvgIpc) is 3.19. The van der Waals surface area contributed by atoms with Crippen LogP contribution >= 0.6 is 11.6 Å². The van der Waals surface area contributed by atoms with Gasteiger partial charge in [0.05, 0.1) is 11.8 Å². The summed E-state index contributed by atoms with van der Waals surface area (Å²) in [5.41, 5.74) is 1.77. The van der Waals surface area contributed by atoms with Gasteiger partial charge in [0.15, 0.2) is 6.61 Å². The Hall–Kier alpha value is -2.37. The standard InChI is InChI=1S/C20H21ClN2O3/c21-16-5-7-17(8-6-16)22-12-15-3-9-18(10-4-15)26-14-20(24)23-13-19-2-1-11-25-19/h3-10,12,19H,1-2,11,13-14H2,(H,23,24)/t19-/m1/s1. The van der Waals surface area contributed by atoms with E-state index in [1.54, 1.807) is 18.3 Å². The molecule has 0 spiro atoms. The highest BCUT2D eigenvalue weighted by molar-refractivity contribution is 6.30. The third kappa shape index (κ3) is 5.86. The smallest absolute Gasteiger partial charge is 0.258 e. The number of benzene rings is 2. The van der Waals surface area contributed by atoms with Gasteiger partial charge in [-0.15, -0.1) is 0 Å². The first kappa shape index (κ1) is 18.4. The van der Waals surface area contributed by atoms with Gasteiger partial charge in [-0.2, -0.15) is 0 Å². The van der Waals surface area contributed by atoms with E-state index in [1.165, 1.54) is 0 Å². The maximum absolute atomic E-state index is 11.8. The van der Waals surface area contributed by atoms with Gasteiger partial charge >= 0.3 is 0 Å². The van der Waals surface area contributed by atoms with E-state index >= 15 is 0 Å². The van der Waals surface area contributed by atoms with Crippen molar-refractivity contribution in [1.82, 2.24) is 5.32 Å². The molecule has 1 heterocycles. The number of nitrogens with one attached hydrogen (secondary N) is 1. The van der Waals surface area contributed by atoms with Crippen LogP contribution in [0.4, 0.5) is 5.69 Å². The van der Waals surface area contributed by atoms with Gasteiger partial charge in [0.1, 0.15) is 5.75 Å². The monoisotopic (exact) mass is 372 g/mol. The van der Waals surface area contributed by atoms with Gasteiger partial charge in [0, 0.05) is 24.4 Å². The number of hydrogen-bond acceptors (Lipinski definition) is 4. The normalized spacial score (nSPS) is 16.7. The lowest BCUT2D eigenvalue weighted by atomic mass is 10.2. The number of carbonyl (C=O) groups is 1. The SMILES string of the molecule is O=C(COc1ccc(C=Nc2ccc(Cl)cc2)cc1)NC[C@H]1CCCO1. The second kappa shape index (κ2) is 9.36. The molecule has 3 rings (SSSR count). The van der Waals surface area contributed by atoms with Crippen molar-refractivity contribution in [1.29, 1.82) is 0 Å². The fourth-order valence-electron chi connectivity index (χ4n) is 2.56. The molecule has 0 unspecified atom stereocenters. The van der Waals surface area contributed by atoms with Crippen molar-refractivity contribution in [2.24, 2.45) is 4.99 Å². The number of halogens is 1. The molecule has 0 aromatic heterocycles. The van der Waals surface area contributed by atoms with Crippen molar-refractivity contribution in [2.45, 2.75) is 18.9 Å². The van der Waals surface area contributed by atoms with Crippen molar-refractivity contribution in [3.63, 3.8) is 0 Å². The summed E-state index contributed by atoms with van der Waals surface area (Å²) in [5.74, 6) is 0.495. The molecule has 0 bridgehead atoms. The average molecular weight is 373 g/mol. The van der Waals surface area contributed by atoms with Gasteiger partial charge in [-0.25, -0.2) is 0 Å². The summed E-state index contributed by atoms with van der Waals surface area (Å²) in [7, 11) is 0. The van der Waals surface area contributed by atoms with Crippen LogP contribution in [0.25, 0.3) is 0 Å². The molecule has 0 aliphatic carbocycles. The zero-order valence-electron chi connectivity index (χ0n) is 14.4. The van der Waals surface area contributed by atoms with Gasteiger partial charge in [-0.05, 0) is 66.9 Å². The minimum absolute atomic E-state index is 0.00900. The van der Waals surface area contributed by atoms with Crippen LogP contribution in [0, 0.1) is 0 Å². The predicted molar refractivity (Wildman–Crippen MR) is 103 cm³/mol. The van der Waals surface area contributed by atoms with E-state index in [0.717, 1.165) is 30.7 Å². The van der Waals surface area contributed by atoms with Crippen molar-refractivity contribution in [2.75, 3.05) is 19.8 Å². The van der Waals surface area contributed by atoms with Gasteiger partial charge in [-0.3, -0.25) is 9.79 Å². The molecule has 1 atom stereocenters. The van der Waals surface area contributed by atoms with Crippen molar-refractivity contribution in [3.05, 3.63) is 59.1 Å². The van der Waals surface area contributed by atoms with Gasteiger partial charge in [0.25, 0.3) is 5.91 Å². The van der Waals surface area contributed by atoms with Crippen LogP contribution in [0.1, 0.15) is 18.4 Å². The van der Waals surface area contributed by atoms with Crippen LogP contribution in [-0.2, 0) is 9.53 Å². The number of rotatable bonds is 7. The first-order valence-electron chi connectivity index (χ1n) is 8.60. The zero-order valence-corrected chi connectivity index (χ0v) is 15.1. The molecule has 1 N–H and O–H groups in total. The topological polar surface area (TPSA) is 59.9 Å². The predicted octanol–water partition coefficient (Wildman–Crippen LogP) is 3.76. The molecule has 6 heteroatoms. The Labute approximate surface area is 158 Å². The molecule has 5 nitrogen and oxygen atoms in total. The summed E-state index contributed by atoms with van der Waals surface area (Å²) >= 11 is 5.85. The van der Waals surface area contributed by atoms with Gasteiger partial charge in [0.2, 0.25) is 0 Å². The van der Waals surface area contributed by atoms with E-state index in [2.05, 4.69) is 10.3 Å². The number of hydrogen-bond donors (Lipinski definition) is 1. The maximum Gasteiger partial charge on any atom is 0.258 e. The van der Waals surface area contributed by atoms with E-state index in [4.69, 9.17) is 21.1 Å². The first-order chi connectivity index (χ1) is 12.7. The second-order valence-corrected chi connectivity index (χ2v) is 6.47. The van der Waals surface area contributed by atoms with Crippen LogP contribution in [0.5, 0.6) is 5.75 Å². The molecular weight excluding hydrogens is 352 g/mol. The Morgan fingerprint density at radius 1 is 1.23 bits per heavy atom. The van der Waals surface area contributed by atoms with E-state index in [1.807, 2.05) is 36.4 Å². The quantitative estimate of drug-likeness (QED) is 0.753. The minimum atomic E-state index is -0.145. The molecule has 1 aliphatic heterocycles. The summed E-state index contributed by atoms with van der Waals surface area (Å²) in [5, 5.41) is 3.51. The fraction of sp³-hybridized carbons (Fsp3) is 0.300. The van der Waals surface area contributed by atoms with Crippen molar-refractivity contribution in [3.8, 4) is 5.75 Å². The molecule has 0 saturated carbocycles. The molecule has 0 radical (unpaired) electrons. The zero-order chi connectivity index (χ0) is 18.2. The fourth-order valence-corrected chi connectivity index (χ4v) is 2.69. The molecule has 1 aliphatic rings. The molecule has 136 valence electrons. The summed E-state index contributed by atoms with van der Waals surface area (Å²) in [6.07, 6.45) is 3.96. The number of carbonyl (C=O) groups excluding carboxylic acids is 1. The van der Waals surface area contributed by atoms with Crippen LogP contribution < -0.4 is 10.1 Å². The number of ether oxygens (including phenoxy) is 2. The highest BCUT2D eigenvalue weighted by atomic mass is 35.5. The molecular formula is C20H21ClN2O3. The first-order valence-corrected chi connectivity index (χ1v) is 8.98. The Kier molecular flexibility index (Phi) is 6.63. The number of aliphatic imine (C=N–C) groups is 1. The number of amides is 1. The van der Waals surface area contributed by atoms with Crippen molar-refractivity contribution >= 4 is 29.4 Å². The summed E-state index contributed by atoms with van der Waals surface area (Å²) in [6.45, 7) is 1.32.